The van der Waals surface area contributed by atoms with Gasteiger partial charge in [-0.25, -0.2) is 9.97 Å². The van der Waals surface area contributed by atoms with E-state index in [1.807, 2.05) is 0 Å². The van der Waals surface area contributed by atoms with Crippen LogP contribution in [0, 0.1) is 5.41 Å². The molecule has 5 nitrogen and oxygen atoms in total. The lowest BCUT2D eigenvalue weighted by atomic mass is 9.80. The zero-order valence-corrected chi connectivity index (χ0v) is 15.0. The lowest BCUT2D eigenvalue weighted by molar-refractivity contribution is 0.0940. The maximum absolute atomic E-state index is 12.4. The highest BCUT2D eigenvalue weighted by molar-refractivity contribution is 5.96. The molecule has 0 unspecified atom stereocenters. The van der Waals surface area contributed by atoms with Crippen molar-refractivity contribution in [1.29, 1.82) is 0 Å². The highest BCUT2D eigenvalue weighted by atomic mass is 16.1. The van der Waals surface area contributed by atoms with Gasteiger partial charge in [0.05, 0.1) is 0 Å². The summed E-state index contributed by atoms with van der Waals surface area (Å²) in [4.78, 5) is 24.5. The third-order valence-corrected chi connectivity index (χ3v) is 6.72. The second-order valence-corrected chi connectivity index (χ2v) is 8.60. The van der Waals surface area contributed by atoms with E-state index in [9.17, 15) is 4.79 Å². The van der Waals surface area contributed by atoms with Crippen molar-refractivity contribution in [1.82, 2.24) is 15.3 Å². The van der Waals surface area contributed by atoms with Gasteiger partial charge in [-0.3, -0.25) is 4.79 Å². The van der Waals surface area contributed by atoms with Gasteiger partial charge in [-0.1, -0.05) is 25.7 Å². The minimum Gasteiger partial charge on any atom is -0.356 e. The predicted molar refractivity (Wildman–Crippen MR) is 97.0 cm³/mol. The number of rotatable bonds is 2. The third kappa shape index (κ3) is 2.81. The van der Waals surface area contributed by atoms with Crippen LogP contribution >= 0.6 is 0 Å². The first-order valence-electron chi connectivity index (χ1n) is 10.2. The van der Waals surface area contributed by atoms with Gasteiger partial charge in [-0.2, -0.15) is 0 Å². The maximum Gasteiger partial charge on any atom is 0.270 e. The number of fused-ring (bicyclic) bond motifs is 1. The summed E-state index contributed by atoms with van der Waals surface area (Å²) < 4.78 is 0. The number of hydrogen-bond acceptors (Lipinski definition) is 4. The van der Waals surface area contributed by atoms with E-state index in [0.717, 1.165) is 36.7 Å². The van der Waals surface area contributed by atoms with E-state index in [1.165, 1.54) is 57.8 Å². The zero-order chi connectivity index (χ0) is 16.9. The second kappa shape index (κ2) is 5.96. The molecule has 2 aliphatic heterocycles. The van der Waals surface area contributed by atoms with Crippen LogP contribution in [0.4, 0.5) is 5.82 Å². The SMILES string of the molecule is O=C1NCCc2c1nc(C1CC1)nc2N1CCC2(CCCCCC2)C1. The molecule has 0 aromatic carbocycles. The van der Waals surface area contributed by atoms with Crippen LogP contribution in [0.3, 0.4) is 0 Å². The molecule has 0 atom stereocenters. The number of carbonyl (C=O) groups is 1. The number of nitrogens with zero attached hydrogens (tertiary/aromatic N) is 3. The van der Waals surface area contributed by atoms with Crippen molar-refractivity contribution in [3.63, 3.8) is 0 Å². The summed E-state index contributed by atoms with van der Waals surface area (Å²) in [5.74, 6) is 2.47. The van der Waals surface area contributed by atoms with Gasteiger partial charge < -0.3 is 10.2 Å². The minimum absolute atomic E-state index is 0.00447. The van der Waals surface area contributed by atoms with Crippen molar-refractivity contribution in [3.8, 4) is 0 Å². The van der Waals surface area contributed by atoms with Crippen LogP contribution in [-0.2, 0) is 6.42 Å². The minimum atomic E-state index is -0.00447. The molecular formula is C20H28N4O. The van der Waals surface area contributed by atoms with Gasteiger partial charge in [0.2, 0.25) is 0 Å². The molecule has 5 rings (SSSR count). The fourth-order valence-corrected chi connectivity index (χ4v) is 5.08. The molecule has 1 saturated heterocycles. The van der Waals surface area contributed by atoms with Crippen LogP contribution in [0.25, 0.3) is 0 Å². The number of nitrogens with one attached hydrogen (secondary N) is 1. The largest absolute Gasteiger partial charge is 0.356 e. The van der Waals surface area contributed by atoms with Crippen molar-refractivity contribution < 1.29 is 4.79 Å². The van der Waals surface area contributed by atoms with Crippen molar-refractivity contribution >= 4 is 11.7 Å². The first-order valence-corrected chi connectivity index (χ1v) is 10.2. The van der Waals surface area contributed by atoms with E-state index in [4.69, 9.17) is 4.98 Å². The Morgan fingerprint density at radius 3 is 2.60 bits per heavy atom. The first kappa shape index (κ1) is 15.6. The van der Waals surface area contributed by atoms with Crippen molar-refractivity contribution in [2.45, 2.75) is 70.1 Å². The maximum atomic E-state index is 12.4. The van der Waals surface area contributed by atoms with Crippen LogP contribution in [0.5, 0.6) is 0 Å². The molecule has 2 saturated carbocycles. The molecule has 0 radical (unpaired) electrons. The van der Waals surface area contributed by atoms with E-state index < -0.39 is 0 Å². The summed E-state index contributed by atoms with van der Waals surface area (Å²) in [6.45, 7) is 2.93. The van der Waals surface area contributed by atoms with E-state index >= 15 is 0 Å². The zero-order valence-electron chi connectivity index (χ0n) is 15.0. The van der Waals surface area contributed by atoms with Crippen molar-refractivity contribution in [2.24, 2.45) is 5.41 Å². The van der Waals surface area contributed by atoms with E-state index in [-0.39, 0.29) is 5.91 Å². The molecule has 2 aliphatic carbocycles. The van der Waals surface area contributed by atoms with E-state index in [2.05, 4.69) is 15.2 Å². The Balaban J connectivity index is 1.50. The first-order chi connectivity index (χ1) is 12.2. The molecule has 1 spiro atoms. The van der Waals surface area contributed by atoms with Gasteiger partial charge >= 0.3 is 0 Å². The average molecular weight is 340 g/mol. The Morgan fingerprint density at radius 1 is 1.04 bits per heavy atom. The highest BCUT2D eigenvalue weighted by Gasteiger charge is 2.40. The summed E-state index contributed by atoms with van der Waals surface area (Å²) in [7, 11) is 0. The van der Waals surface area contributed by atoms with Gasteiger partial charge in [0.25, 0.3) is 5.91 Å². The molecule has 4 aliphatic rings. The Labute approximate surface area is 149 Å². The fraction of sp³-hybridized carbons (Fsp3) is 0.750. The summed E-state index contributed by atoms with van der Waals surface area (Å²) in [5, 5.41) is 2.96. The average Bonchev–Trinajstić information content (AvgIpc) is 3.41. The number of carbonyl (C=O) groups excluding carboxylic acids is 1. The lowest BCUT2D eigenvalue weighted by Crippen LogP contribution is -2.36. The summed E-state index contributed by atoms with van der Waals surface area (Å²) in [5.41, 5.74) is 2.24. The summed E-state index contributed by atoms with van der Waals surface area (Å²) in [6, 6.07) is 0. The normalized spacial score (nSPS) is 25.6. The van der Waals surface area contributed by atoms with Crippen LogP contribution in [0.1, 0.15) is 85.6 Å². The van der Waals surface area contributed by atoms with E-state index in [1.54, 1.807) is 0 Å². The molecule has 134 valence electrons. The summed E-state index contributed by atoms with van der Waals surface area (Å²) >= 11 is 0. The summed E-state index contributed by atoms with van der Waals surface area (Å²) in [6.07, 6.45) is 12.8. The van der Waals surface area contributed by atoms with Crippen molar-refractivity contribution in [2.75, 3.05) is 24.5 Å². The van der Waals surface area contributed by atoms with Crippen LogP contribution in [0.15, 0.2) is 0 Å². The monoisotopic (exact) mass is 340 g/mol. The predicted octanol–water partition coefficient (Wildman–Crippen LogP) is 3.19. The molecule has 1 N–H and O–H groups in total. The van der Waals surface area contributed by atoms with Crippen LogP contribution < -0.4 is 10.2 Å². The number of amides is 1. The van der Waals surface area contributed by atoms with E-state index in [0.29, 0.717) is 23.6 Å². The molecule has 3 heterocycles. The van der Waals surface area contributed by atoms with Gasteiger partial charge in [0.1, 0.15) is 17.3 Å². The third-order valence-electron chi connectivity index (χ3n) is 6.72. The molecule has 0 bridgehead atoms. The lowest BCUT2D eigenvalue weighted by Gasteiger charge is -2.30. The molecule has 3 fully saturated rings. The number of aromatic nitrogens is 2. The van der Waals surface area contributed by atoms with Crippen LogP contribution in [-0.4, -0.2) is 35.5 Å². The van der Waals surface area contributed by atoms with Gasteiger partial charge in [0.15, 0.2) is 0 Å². The van der Waals surface area contributed by atoms with Crippen molar-refractivity contribution in [3.05, 3.63) is 17.1 Å². The molecular weight excluding hydrogens is 312 g/mol. The molecule has 5 heteroatoms. The quantitative estimate of drug-likeness (QED) is 0.898. The number of hydrogen-bond donors (Lipinski definition) is 1. The fourth-order valence-electron chi connectivity index (χ4n) is 5.08. The smallest absolute Gasteiger partial charge is 0.270 e. The molecule has 25 heavy (non-hydrogen) atoms. The van der Waals surface area contributed by atoms with Crippen LogP contribution in [0.2, 0.25) is 0 Å². The number of anilines is 1. The molecule has 1 amide bonds. The second-order valence-electron chi connectivity index (χ2n) is 8.60. The standard InChI is InChI=1S/C20H28N4O/c25-19-16-15(7-11-21-19)18(23-17(22-16)14-5-6-14)24-12-10-20(13-24)8-3-1-2-4-9-20/h14H,1-13H2,(H,21,25). The van der Waals surface area contributed by atoms with Gasteiger partial charge in [-0.15, -0.1) is 0 Å². The molecule has 1 aromatic rings. The molecule has 1 aromatic heterocycles. The Bertz CT molecular complexity index is 689. The Kier molecular flexibility index (Phi) is 3.72. The Morgan fingerprint density at radius 2 is 1.84 bits per heavy atom. The Hall–Kier alpha value is -1.65. The topological polar surface area (TPSA) is 58.1 Å². The highest BCUT2D eigenvalue weighted by Crippen LogP contribution is 2.45. The van der Waals surface area contributed by atoms with Gasteiger partial charge in [0, 0.05) is 31.1 Å². The van der Waals surface area contributed by atoms with Gasteiger partial charge in [-0.05, 0) is 43.9 Å².